The highest BCUT2D eigenvalue weighted by molar-refractivity contribution is 5.74. The number of nitrogens with one attached hydrogen (secondary N) is 1. The zero-order valence-electron chi connectivity index (χ0n) is 15.9. The van der Waals surface area contributed by atoms with Crippen LogP contribution in [0.1, 0.15) is 24.0 Å². The smallest absolute Gasteiger partial charge is 0.317 e. The van der Waals surface area contributed by atoms with E-state index in [1.807, 2.05) is 26.2 Å². The van der Waals surface area contributed by atoms with E-state index in [-0.39, 0.29) is 24.5 Å². The summed E-state index contributed by atoms with van der Waals surface area (Å²) in [7, 11) is 3.97. The van der Waals surface area contributed by atoms with Crippen LogP contribution in [0.3, 0.4) is 0 Å². The Balaban J connectivity index is 0.00000114. The molecule has 0 saturated carbocycles. The molecule has 2 rings (SSSR count). The van der Waals surface area contributed by atoms with Crippen LogP contribution in [0.15, 0.2) is 24.3 Å². The van der Waals surface area contributed by atoms with Crippen molar-refractivity contribution < 1.29 is 19.8 Å². The Bertz CT molecular complexity index is 642. The number of nitriles is 1. The van der Waals surface area contributed by atoms with Gasteiger partial charge in [0.2, 0.25) is 0 Å². The van der Waals surface area contributed by atoms with Gasteiger partial charge < -0.3 is 25.3 Å². The minimum atomic E-state index is -0.250. The molecular weight excluding hydrogens is 348 g/mol. The molecule has 148 valence electrons. The number of aliphatic hydroxyl groups excluding tert-OH is 1. The molecule has 0 bridgehead atoms. The quantitative estimate of drug-likeness (QED) is 0.663. The van der Waals surface area contributed by atoms with Gasteiger partial charge in [-0.3, -0.25) is 4.79 Å². The molecule has 8 nitrogen and oxygen atoms in total. The number of amides is 2. The molecule has 1 aliphatic heterocycles. The molecule has 8 heteroatoms. The molecule has 1 atom stereocenters. The van der Waals surface area contributed by atoms with Crippen molar-refractivity contribution in [2.75, 3.05) is 40.3 Å². The molecule has 1 aromatic carbocycles. The van der Waals surface area contributed by atoms with Crippen LogP contribution in [0.2, 0.25) is 0 Å². The molecule has 1 saturated heterocycles. The van der Waals surface area contributed by atoms with Gasteiger partial charge in [0.15, 0.2) is 0 Å². The van der Waals surface area contributed by atoms with Gasteiger partial charge >= 0.3 is 6.03 Å². The van der Waals surface area contributed by atoms with Crippen LogP contribution in [0.5, 0.6) is 0 Å². The molecule has 1 aliphatic rings. The van der Waals surface area contributed by atoms with Gasteiger partial charge in [-0.2, -0.15) is 5.26 Å². The van der Waals surface area contributed by atoms with E-state index in [0.29, 0.717) is 25.2 Å². The van der Waals surface area contributed by atoms with Gasteiger partial charge in [0.25, 0.3) is 6.47 Å². The number of hydrogen-bond acceptors (Lipinski definition) is 5. The van der Waals surface area contributed by atoms with E-state index in [0.717, 1.165) is 24.9 Å². The van der Waals surface area contributed by atoms with Crippen molar-refractivity contribution in [1.29, 1.82) is 5.26 Å². The average Bonchev–Trinajstić information content (AvgIpc) is 2.66. The fraction of sp³-hybridized carbons (Fsp3) is 0.526. The second-order valence-corrected chi connectivity index (χ2v) is 6.99. The number of urea groups is 1. The number of carbonyl (C=O) groups excluding carboxylic acids is 1. The first-order valence-electron chi connectivity index (χ1n) is 8.75. The van der Waals surface area contributed by atoms with E-state index in [9.17, 15) is 9.90 Å². The van der Waals surface area contributed by atoms with Gasteiger partial charge in [-0.05, 0) is 44.6 Å². The normalized spacial score (nSPS) is 18.9. The van der Waals surface area contributed by atoms with Crippen LogP contribution >= 0.6 is 0 Å². The lowest BCUT2D eigenvalue weighted by Crippen LogP contribution is -2.54. The zero-order chi connectivity index (χ0) is 20.3. The van der Waals surface area contributed by atoms with Gasteiger partial charge in [0.05, 0.1) is 18.2 Å². The number of piperidine rings is 1. The number of rotatable bonds is 5. The van der Waals surface area contributed by atoms with Crippen molar-refractivity contribution in [3.63, 3.8) is 0 Å². The zero-order valence-corrected chi connectivity index (χ0v) is 15.9. The number of likely N-dealkylation sites (tertiary alicyclic amines) is 1. The van der Waals surface area contributed by atoms with Crippen LogP contribution < -0.4 is 5.32 Å². The standard InChI is InChI=1S/C18H26N4O2.CH2O2/c1-21(2)12-18(14-23)8-3-9-22(13-18)17(24)20-11-16-6-4-15(10-19)5-7-16;2-1-3/h4-7,23H,3,8-9,11-14H2,1-2H3,(H,20,24);1H,(H,2,3). The third kappa shape index (κ3) is 7.25. The molecule has 1 unspecified atom stereocenters. The highest BCUT2D eigenvalue weighted by atomic mass is 16.3. The summed E-state index contributed by atoms with van der Waals surface area (Å²) >= 11 is 0. The van der Waals surface area contributed by atoms with Crippen LogP contribution in [0.4, 0.5) is 4.79 Å². The minimum Gasteiger partial charge on any atom is -0.483 e. The summed E-state index contributed by atoms with van der Waals surface area (Å²) < 4.78 is 0. The molecule has 0 aliphatic carbocycles. The Morgan fingerprint density at radius 2 is 2.04 bits per heavy atom. The summed E-state index contributed by atoms with van der Waals surface area (Å²) in [6, 6.07) is 9.16. The Morgan fingerprint density at radius 3 is 2.56 bits per heavy atom. The Kier molecular flexibility index (Phi) is 9.26. The van der Waals surface area contributed by atoms with Gasteiger partial charge in [-0.25, -0.2) is 4.79 Å². The van der Waals surface area contributed by atoms with Crippen molar-refractivity contribution in [3.05, 3.63) is 35.4 Å². The molecular formula is C19H28N4O4. The lowest BCUT2D eigenvalue weighted by atomic mass is 9.80. The highest BCUT2D eigenvalue weighted by Crippen LogP contribution is 2.30. The molecule has 0 radical (unpaired) electrons. The molecule has 1 aromatic rings. The largest absolute Gasteiger partial charge is 0.483 e. The van der Waals surface area contributed by atoms with E-state index in [2.05, 4.69) is 16.3 Å². The van der Waals surface area contributed by atoms with Gasteiger partial charge in [-0.15, -0.1) is 0 Å². The van der Waals surface area contributed by atoms with Crippen molar-refractivity contribution in [1.82, 2.24) is 15.1 Å². The van der Waals surface area contributed by atoms with Crippen molar-refractivity contribution >= 4 is 12.5 Å². The molecule has 2 amide bonds. The van der Waals surface area contributed by atoms with E-state index < -0.39 is 0 Å². The molecule has 3 N–H and O–H groups in total. The summed E-state index contributed by atoms with van der Waals surface area (Å²) in [6.45, 7) is 2.32. The monoisotopic (exact) mass is 376 g/mol. The minimum absolute atomic E-state index is 0.0879. The second-order valence-electron chi connectivity index (χ2n) is 6.99. The van der Waals surface area contributed by atoms with Crippen LogP contribution in [0, 0.1) is 16.7 Å². The number of nitrogens with zero attached hydrogens (tertiary/aromatic N) is 3. The maximum Gasteiger partial charge on any atom is 0.317 e. The number of carbonyl (C=O) groups is 2. The third-order valence-electron chi connectivity index (χ3n) is 4.46. The number of hydrogen-bond donors (Lipinski definition) is 3. The Morgan fingerprint density at radius 1 is 1.41 bits per heavy atom. The van der Waals surface area contributed by atoms with Crippen molar-refractivity contribution in [2.45, 2.75) is 19.4 Å². The fourth-order valence-corrected chi connectivity index (χ4v) is 3.35. The molecule has 27 heavy (non-hydrogen) atoms. The first kappa shape index (κ1) is 22.4. The Hall–Kier alpha value is -2.63. The van der Waals surface area contributed by atoms with Gasteiger partial charge in [0, 0.05) is 31.6 Å². The molecule has 0 spiro atoms. The predicted octanol–water partition coefficient (Wildman–Crippen LogP) is 1.10. The molecule has 1 fully saturated rings. The lowest BCUT2D eigenvalue weighted by molar-refractivity contribution is -0.122. The maximum atomic E-state index is 12.5. The van der Waals surface area contributed by atoms with Crippen molar-refractivity contribution in [3.8, 4) is 6.07 Å². The van der Waals surface area contributed by atoms with E-state index in [4.69, 9.17) is 15.2 Å². The fourth-order valence-electron chi connectivity index (χ4n) is 3.35. The number of aliphatic hydroxyl groups is 1. The highest BCUT2D eigenvalue weighted by Gasteiger charge is 2.37. The average molecular weight is 376 g/mol. The summed E-state index contributed by atoms with van der Waals surface area (Å²) in [5.41, 5.74) is 1.33. The van der Waals surface area contributed by atoms with Crippen molar-refractivity contribution in [2.24, 2.45) is 5.41 Å². The summed E-state index contributed by atoms with van der Waals surface area (Å²) in [6.07, 6.45) is 1.83. The maximum absolute atomic E-state index is 12.5. The van der Waals surface area contributed by atoms with Gasteiger partial charge in [-0.1, -0.05) is 12.1 Å². The topological polar surface area (TPSA) is 117 Å². The predicted molar refractivity (Wildman–Crippen MR) is 101 cm³/mol. The van der Waals surface area contributed by atoms with E-state index in [1.165, 1.54) is 0 Å². The third-order valence-corrected chi connectivity index (χ3v) is 4.46. The molecule has 1 heterocycles. The summed E-state index contributed by atoms with van der Waals surface area (Å²) in [5, 5.41) is 28.5. The second kappa shape index (κ2) is 11.2. The van der Waals surface area contributed by atoms with E-state index in [1.54, 1.807) is 17.0 Å². The SMILES string of the molecule is CN(C)CC1(CO)CCCN(C(=O)NCc2ccc(C#N)cc2)C1.O=CO. The number of benzene rings is 1. The first-order chi connectivity index (χ1) is 12.9. The Labute approximate surface area is 160 Å². The summed E-state index contributed by atoms with van der Waals surface area (Å²) in [5.74, 6) is 0. The van der Waals surface area contributed by atoms with E-state index >= 15 is 0 Å². The number of carboxylic acid groups (broad SMARTS) is 1. The van der Waals surface area contributed by atoms with Gasteiger partial charge in [0.1, 0.15) is 0 Å². The summed E-state index contributed by atoms with van der Waals surface area (Å²) in [4.78, 5) is 24.7. The van der Waals surface area contributed by atoms with Crippen LogP contribution in [-0.2, 0) is 11.3 Å². The first-order valence-corrected chi connectivity index (χ1v) is 8.75. The van der Waals surface area contributed by atoms with Crippen LogP contribution in [-0.4, -0.2) is 72.9 Å². The lowest BCUT2D eigenvalue weighted by Gasteiger charge is -2.43. The van der Waals surface area contributed by atoms with Crippen LogP contribution in [0.25, 0.3) is 0 Å². The molecule has 0 aromatic heterocycles.